The molecule has 29 heavy (non-hydrogen) atoms. The predicted octanol–water partition coefficient (Wildman–Crippen LogP) is 2.61. The molecule has 4 rings (SSSR count). The molecule has 0 saturated heterocycles. The van der Waals surface area contributed by atoms with Crippen LogP contribution in [-0.4, -0.2) is 40.4 Å². The van der Waals surface area contributed by atoms with E-state index >= 15 is 0 Å². The normalized spacial score (nSPS) is 26.9. The van der Waals surface area contributed by atoms with Crippen LogP contribution in [0.3, 0.4) is 0 Å². The molecule has 7 nitrogen and oxygen atoms in total. The topological polar surface area (TPSA) is 102 Å². The molecule has 1 aromatic carbocycles. The Hall–Kier alpha value is -3.17. The summed E-state index contributed by atoms with van der Waals surface area (Å²) in [5, 5.41) is 2.57. The molecular formula is C19H18F3N5O2. The summed E-state index contributed by atoms with van der Waals surface area (Å²) in [6.07, 6.45) is 1.57. The number of nitrogens with one attached hydrogen (secondary N) is 1. The van der Waals surface area contributed by atoms with E-state index in [1.54, 1.807) is 12.1 Å². The molecule has 0 saturated carbocycles. The third-order valence-electron chi connectivity index (χ3n) is 5.33. The predicted molar refractivity (Wildman–Crippen MR) is 99.1 cm³/mol. The summed E-state index contributed by atoms with van der Waals surface area (Å²) in [6.45, 7) is 0.998. The quantitative estimate of drug-likeness (QED) is 0.817. The average Bonchev–Trinajstić information content (AvgIpc) is 2.65. The second-order valence-electron chi connectivity index (χ2n) is 7.39. The fraction of sp³-hybridized carbons (Fsp3) is 0.368. The van der Waals surface area contributed by atoms with Crippen LogP contribution < -0.4 is 15.8 Å². The number of carbonyl (C=O) groups excluding carboxylic acids is 1. The van der Waals surface area contributed by atoms with E-state index in [2.05, 4.69) is 20.3 Å². The van der Waals surface area contributed by atoms with Gasteiger partial charge < -0.3 is 15.8 Å². The van der Waals surface area contributed by atoms with Gasteiger partial charge in [0, 0.05) is 12.1 Å². The number of nitrogens with zero attached hydrogens (tertiary/aromatic N) is 3. The van der Waals surface area contributed by atoms with Crippen LogP contribution in [0.1, 0.15) is 35.1 Å². The maximum atomic E-state index is 14.9. The number of fused-ring (bicyclic) bond motifs is 2. The zero-order valence-corrected chi connectivity index (χ0v) is 15.7. The number of alkyl halides is 3. The number of amidine groups is 1. The van der Waals surface area contributed by atoms with Crippen molar-refractivity contribution in [2.45, 2.75) is 36.9 Å². The van der Waals surface area contributed by atoms with E-state index in [1.807, 2.05) is 0 Å². The van der Waals surface area contributed by atoms with Crippen LogP contribution in [-0.2, 0) is 12.0 Å². The third-order valence-corrected chi connectivity index (χ3v) is 5.33. The Kier molecular flexibility index (Phi) is 4.07. The van der Waals surface area contributed by atoms with Gasteiger partial charge in [-0.3, -0.25) is 9.79 Å². The number of anilines is 1. The molecule has 2 heterocycles. The molecule has 152 valence electrons. The van der Waals surface area contributed by atoms with Crippen molar-refractivity contribution in [2.24, 2.45) is 10.7 Å². The van der Waals surface area contributed by atoms with E-state index < -0.39 is 35.3 Å². The van der Waals surface area contributed by atoms with Crippen molar-refractivity contribution in [3.8, 4) is 5.75 Å². The number of benzene rings is 1. The maximum absolute atomic E-state index is 14.9. The fourth-order valence-electron chi connectivity index (χ4n) is 3.67. The molecule has 2 aromatic rings. The fourth-order valence-corrected chi connectivity index (χ4v) is 3.67. The van der Waals surface area contributed by atoms with Gasteiger partial charge in [0.05, 0.1) is 25.9 Å². The molecule has 10 heteroatoms. The van der Waals surface area contributed by atoms with E-state index in [0.29, 0.717) is 11.3 Å². The summed E-state index contributed by atoms with van der Waals surface area (Å²) in [4.78, 5) is 24.0. The van der Waals surface area contributed by atoms with Crippen LogP contribution in [0, 0.1) is 0 Å². The number of aromatic nitrogens is 2. The van der Waals surface area contributed by atoms with E-state index in [0.717, 1.165) is 6.92 Å². The molecule has 1 aliphatic carbocycles. The lowest BCUT2D eigenvalue weighted by atomic mass is 9.63. The Morgan fingerprint density at radius 2 is 1.93 bits per heavy atom. The minimum atomic E-state index is -3.42. The van der Waals surface area contributed by atoms with E-state index in [4.69, 9.17) is 10.5 Å². The SMILES string of the molecule is COc1cnc(C(=O)Nc2ccc3c(c2)[C@@]2(C3)N=C(N)[C@](C)(F)CC2(F)F)nc1. The van der Waals surface area contributed by atoms with Crippen molar-refractivity contribution < 1.29 is 22.7 Å². The zero-order valence-electron chi connectivity index (χ0n) is 15.7. The molecule has 0 fully saturated rings. The molecule has 2 atom stereocenters. The van der Waals surface area contributed by atoms with Crippen molar-refractivity contribution in [2.75, 3.05) is 12.4 Å². The van der Waals surface area contributed by atoms with Crippen LogP contribution in [0.2, 0.25) is 0 Å². The lowest BCUT2D eigenvalue weighted by Crippen LogP contribution is -2.61. The molecule has 1 spiro atoms. The number of rotatable bonds is 3. The Labute approximate surface area is 164 Å². The Morgan fingerprint density at radius 1 is 1.24 bits per heavy atom. The van der Waals surface area contributed by atoms with Gasteiger partial charge >= 0.3 is 0 Å². The number of methoxy groups -OCH3 is 1. The molecule has 0 bridgehead atoms. The van der Waals surface area contributed by atoms with Crippen LogP contribution in [0.25, 0.3) is 0 Å². The highest BCUT2D eigenvalue weighted by molar-refractivity contribution is 6.01. The van der Waals surface area contributed by atoms with Crippen molar-refractivity contribution in [1.29, 1.82) is 0 Å². The van der Waals surface area contributed by atoms with Gasteiger partial charge in [-0.05, 0) is 30.2 Å². The summed E-state index contributed by atoms with van der Waals surface area (Å²) in [5.74, 6) is -4.21. The monoisotopic (exact) mass is 405 g/mol. The summed E-state index contributed by atoms with van der Waals surface area (Å²) >= 11 is 0. The van der Waals surface area contributed by atoms with Gasteiger partial charge in [-0.25, -0.2) is 23.1 Å². The highest BCUT2D eigenvalue weighted by atomic mass is 19.3. The summed E-state index contributed by atoms with van der Waals surface area (Å²) < 4.78 is 49.0. The van der Waals surface area contributed by atoms with Crippen LogP contribution in [0.4, 0.5) is 18.9 Å². The standard InChI is InChI=1S/C19H18F3N5O2/c1-17(20)9-19(21,22)18(27-16(17)23)6-10-3-4-11(5-13(10)18)26-15(28)14-24-7-12(29-2)8-25-14/h3-5,7-8H,6,9H2,1-2H3,(H2,23,27)(H,26,28)/t17-,18-/m1/s1. The lowest BCUT2D eigenvalue weighted by molar-refractivity contribution is -0.120. The number of nitrogens with two attached hydrogens (primary N) is 1. The Morgan fingerprint density at radius 3 is 2.59 bits per heavy atom. The average molecular weight is 405 g/mol. The largest absolute Gasteiger partial charge is 0.494 e. The third kappa shape index (κ3) is 2.90. The number of amides is 1. The molecule has 1 amide bonds. The number of aliphatic imine (C=N–C) groups is 1. The van der Waals surface area contributed by atoms with Gasteiger partial charge in [0.2, 0.25) is 5.82 Å². The first-order valence-corrected chi connectivity index (χ1v) is 8.81. The number of halogens is 3. The van der Waals surface area contributed by atoms with Crippen molar-refractivity contribution in [3.05, 3.63) is 47.5 Å². The van der Waals surface area contributed by atoms with Gasteiger partial charge in [0.25, 0.3) is 11.8 Å². The number of carbonyl (C=O) groups is 1. The molecular weight excluding hydrogens is 387 g/mol. The van der Waals surface area contributed by atoms with Gasteiger partial charge in [-0.2, -0.15) is 0 Å². The van der Waals surface area contributed by atoms with E-state index in [1.165, 1.54) is 25.6 Å². The molecule has 1 aromatic heterocycles. The first-order valence-electron chi connectivity index (χ1n) is 8.81. The lowest BCUT2D eigenvalue weighted by Gasteiger charge is -2.50. The minimum Gasteiger partial charge on any atom is -0.494 e. The summed E-state index contributed by atoms with van der Waals surface area (Å²) in [6, 6.07) is 4.61. The zero-order chi connectivity index (χ0) is 21.0. The Bertz CT molecular complexity index is 1020. The molecule has 0 unspecified atom stereocenters. The maximum Gasteiger partial charge on any atom is 0.293 e. The van der Waals surface area contributed by atoms with Gasteiger partial charge in [0.1, 0.15) is 5.84 Å². The molecule has 2 aliphatic rings. The van der Waals surface area contributed by atoms with Gasteiger partial charge in [-0.1, -0.05) is 6.07 Å². The van der Waals surface area contributed by atoms with Crippen LogP contribution in [0.5, 0.6) is 5.75 Å². The summed E-state index contributed by atoms with van der Waals surface area (Å²) in [7, 11) is 1.44. The second-order valence-corrected chi connectivity index (χ2v) is 7.39. The number of hydrogen-bond acceptors (Lipinski definition) is 6. The first kappa shape index (κ1) is 19.2. The van der Waals surface area contributed by atoms with Crippen molar-refractivity contribution >= 4 is 17.4 Å². The smallest absolute Gasteiger partial charge is 0.293 e. The van der Waals surface area contributed by atoms with E-state index in [-0.39, 0.29) is 23.5 Å². The van der Waals surface area contributed by atoms with E-state index in [9.17, 15) is 18.0 Å². The number of hydrogen-bond donors (Lipinski definition) is 2. The van der Waals surface area contributed by atoms with Gasteiger partial charge in [0.15, 0.2) is 17.0 Å². The second kappa shape index (κ2) is 6.16. The molecule has 3 N–H and O–H groups in total. The molecule has 1 aliphatic heterocycles. The van der Waals surface area contributed by atoms with Gasteiger partial charge in [-0.15, -0.1) is 0 Å². The summed E-state index contributed by atoms with van der Waals surface area (Å²) in [5.41, 5.74) is 2.47. The first-order chi connectivity index (χ1) is 13.6. The van der Waals surface area contributed by atoms with Crippen LogP contribution >= 0.6 is 0 Å². The van der Waals surface area contributed by atoms with Crippen molar-refractivity contribution in [3.63, 3.8) is 0 Å². The van der Waals surface area contributed by atoms with Crippen LogP contribution in [0.15, 0.2) is 35.6 Å². The minimum absolute atomic E-state index is 0.0536. The van der Waals surface area contributed by atoms with Crippen molar-refractivity contribution in [1.82, 2.24) is 9.97 Å². The highest BCUT2D eigenvalue weighted by Crippen LogP contribution is 2.57. The number of ether oxygens (including phenoxy) is 1. The Balaban J connectivity index is 1.64. The highest BCUT2D eigenvalue weighted by Gasteiger charge is 2.66. The molecule has 0 radical (unpaired) electrons.